The van der Waals surface area contributed by atoms with Gasteiger partial charge in [0, 0.05) is 18.0 Å². The SMILES string of the molecule is CCc1cc(OC)c([C@H]2CCCNC2)cc1OC.Cl. The highest BCUT2D eigenvalue weighted by atomic mass is 35.5. The average molecular weight is 286 g/mol. The fourth-order valence-electron chi connectivity index (χ4n) is 2.70. The summed E-state index contributed by atoms with van der Waals surface area (Å²) in [6.07, 6.45) is 3.41. The first kappa shape index (κ1) is 16.1. The Morgan fingerprint density at radius 1 is 1.21 bits per heavy atom. The third-order valence-corrected chi connectivity index (χ3v) is 3.75. The lowest BCUT2D eigenvalue weighted by Gasteiger charge is -2.25. The quantitative estimate of drug-likeness (QED) is 0.922. The van der Waals surface area contributed by atoms with Crippen molar-refractivity contribution in [3.8, 4) is 11.5 Å². The molecule has 1 N–H and O–H groups in total. The molecule has 0 aromatic heterocycles. The van der Waals surface area contributed by atoms with Crippen LogP contribution in [0, 0.1) is 0 Å². The minimum Gasteiger partial charge on any atom is -0.496 e. The van der Waals surface area contributed by atoms with Gasteiger partial charge in [-0.1, -0.05) is 6.92 Å². The van der Waals surface area contributed by atoms with E-state index >= 15 is 0 Å². The van der Waals surface area contributed by atoms with Gasteiger partial charge < -0.3 is 14.8 Å². The van der Waals surface area contributed by atoms with E-state index in [0.29, 0.717) is 5.92 Å². The van der Waals surface area contributed by atoms with Crippen LogP contribution in [0.25, 0.3) is 0 Å². The molecule has 0 spiro atoms. The predicted octanol–water partition coefficient (Wildman–Crippen LogP) is 3.16. The highest BCUT2D eigenvalue weighted by Gasteiger charge is 2.20. The maximum absolute atomic E-state index is 5.56. The maximum atomic E-state index is 5.56. The van der Waals surface area contributed by atoms with Crippen LogP contribution >= 0.6 is 12.4 Å². The van der Waals surface area contributed by atoms with Crippen LogP contribution < -0.4 is 14.8 Å². The van der Waals surface area contributed by atoms with E-state index in [1.165, 1.54) is 24.0 Å². The standard InChI is InChI=1S/C15H23NO2.ClH/c1-4-11-8-15(18-3)13(9-14(11)17-2)12-6-5-7-16-10-12;/h8-9,12,16H,4-7,10H2,1-3H3;1H/t12-;/m0./s1. The zero-order valence-electron chi connectivity index (χ0n) is 12.0. The monoisotopic (exact) mass is 285 g/mol. The Bertz CT molecular complexity index is 403. The van der Waals surface area contributed by atoms with Crippen LogP contribution in [0.4, 0.5) is 0 Å². The number of halogens is 1. The summed E-state index contributed by atoms with van der Waals surface area (Å²) >= 11 is 0. The van der Waals surface area contributed by atoms with Crippen LogP contribution in [-0.4, -0.2) is 27.3 Å². The molecular formula is C15H24ClNO2. The van der Waals surface area contributed by atoms with Crippen molar-refractivity contribution in [2.24, 2.45) is 0 Å². The van der Waals surface area contributed by atoms with E-state index in [9.17, 15) is 0 Å². The normalized spacial score (nSPS) is 18.6. The van der Waals surface area contributed by atoms with Crippen molar-refractivity contribution >= 4 is 12.4 Å². The number of methoxy groups -OCH3 is 2. The van der Waals surface area contributed by atoms with E-state index in [2.05, 4.69) is 24.4 Å². The zero-order chi connectivity index (χ0) is 13.0. The van der Waals surface area contributed by atoms with Crippen molar-refractivity contribution in [3.05, 3.63) is 23.3 Å². The number of ether oxygens (including phenoxy) is 2. The molecule has 0 aliphatic carbocycles. The largest absolute Gasteiger partial charge is 0.496 e. The molecule has 0 saturated carbocycles. The van der Waals surface area contributed by atoms with Gasteiger partial charge in [-0.25, -0.2) is 0 Å². The van der Waals surface area contributed by atoms with Crippen LogP contribution in [0.2, 0.25) is 0 Å². The molecule has 0 bridgehead atoms. The minimum absolute atomic E-state index is 0. The second-order valence-electron chi connectivity index (χ2n) is 4.80. The Morgan fingerprint density at radius 3 is 2.47 bits per heavy atom. The highest BCUT2D eigenvalue weighted by molar-refractivity contribution is 5.85. The second-order valence-corrected chi connectivity index (χ2v) is 4.80. The van der Waals surface area contributed by atoms with E-state index in [1.807, 2.05) is 0 Å². The van der Waals surface area contributed by atoms with Gasteiger partial charge in [0.15, 0.2) is 0 Å². The van der Waals surface area contributed by atoms with E-state index in [4.69, 9.17) is 9.47 Å². The molecule has 1 heterocycles. The van der Waals surface area contributed by atoms with Crippen LogP contribution in [0.3, 0.4) is 0 Å². The number of piperidine rings is 1. The molecule has 4 heteroatoms. The van der Waals surface area contributed by atoms with Crippen molar-refractivity contribution in [2.75, 3.05) is 27.3 Å². The third kappa shape index (κ3) is 3.54. The molecule has 1 aliphatic rings. The van der Waals surface area contributed by atoms with Gasteiger partial charge in [0.25, 0.3) is 0 Å². The topological polar surface area (TPSA) is 30.5 Å². The molecule has 1 fully saturated rings. The first-order chi connectivity index (χ1) is 8.80. The minimum atomic E-state index is 0. The van der Waals surface area contributed by atoms with Gasteiger partial charge in [-0.15, -0.1) is 12.4 Å². The molecule has 0 unspecified atom stereocenters. The number of nitrogens with one attached hydrogen (secondary N) is 1. The molecule has 1 aromatic carbocycles. The summed E-state index contributed by atoms with van der Waals surface area (Å²) < 4.78 is 11.0. The Labute approximate surface area is 122 Å². The van der Waals surface area contributed by atoms with Crippen LogP contribution in [0.5, 0.6) is 11.5 Å². The number of hydrogen-bond acceptors (Lipinski definition) is 3. The summed E-state index contributed by atoms with van der Waals surface area (Å²) in [6, 6.07) is 4.29. The third-order valence-electron chi connectivity index (χ3n) is 3.75. The Kier molecular flexibility index (Phi) is 6.46. The number of rotatable bonds is 4. The number of hydrogen-bond donors (Lipinski definition) is 1. The molecule has 2 rings (SSSR count). The van der Waals surface area contributed by atoms with E-state index < -0.39 is 0 Å². The highest BCUT2D eigenvalue weighted by Crippen LogP contribution is 2.36. The van der Waals surface area contributed by atoms with Gasteiger partial charge in [0.1, 0.15) is 11.5 Å². The van der Waals surface area contributed by atoms with E-state index in [1.54, 1.807) is 14.2 Å². The Morgan fingerprint density at radius 2 is 1.95 bits per heavy atom. The molecule has 1 aliphatic heterocycles. The lowest BCUT2D eigenvalue weighted by molar-refractivity contribution is 0.381. The van der Waals surface area contributed by atoms with Gasteiger partial charge in [-0.3, -0.25) is 0 Å². The van der Waals surface area contributed by atoms with E-state index in [0.717, 1.165) is 31.0 Å². The molecule has 1 aromatic rings. The molecule has 0 amide bonds. The smallest absolute Gasteiger partial charge is 0.122 e. The molecule has 1 atom stereocenters. The first-order valence-electron chi connectivity index (χ1n) is 6.75. The van der Waals surface area contributed by atoms with Gasteiger partial charge >= 0.3 is 0 Å². The molecule has 1 saturated heterocycles. The average Bonchev–Trinajstić information content (AvgIpc) is 2.46. The van der Waals surface area contributed by atoms with E-state index in [-0.39, 0.29) is 12.4 Å². The van der Waals surface area contributed by atoms with Gasteiger partial charge in [0.2, 0.25) is 0 Å². The fraction of sp³-hybridized carbons (Fsp3) is 0.600. The van der Waals surface area contributed by atoms with Gasteiger partial charge in [-0.2, -0.15) is 0 Å². The van der Waals surface area contributed by atoms with Crippen molar-refractivity contribution < 1.29 is 9.47 Å². The van der Waals surface area contributed by atoms with Crippen LogP contribution in [0.1, 0.15) is 36.8 Å². The predicted molar refractivity (Wildman–Crippen MR) is 81.0 cm³/mol. The summed E-state index contributed by atoms with van der Waals surface area (Å²) in [5.41, 5.74) is 2.49. The summed E-state index contributed by atoms with van der Waals surface area (Å²) in [6.45, 7) is 4.30. The number of aryl methyl sites for hydroxylation is 1. The van der Waals surface area contributed by atoms with Crippen LogP contribution in [0.15, 0.2) is 12.1 Å². The van der Waals surface area contributed by atoms with Crippen molar-refractivity contribution in [1.29, 1.82) is 0 Å². The maximum Gasteiger partial charge on any atom is 0.122 e. The van der Waals surface area contributed by atoms with Crippen molar-refractivity contribution in [1.82, 2.24) is 5.32 Å². The van der Waals surface area contributed by atoms with Crippen molar-refractivity contribution in [3.63, 3.8) is 0 Å². The first-order valence-corrected chi connectivity index (χ1v) is 6.75. The van der Waals surface area contributed by atoms with Gasteiger partial charge in [-0.05, 0) is 43.5 Å². The lowest BCUT2D eigenvalue weighted by Crippen LogP contribution is -2.28. The summed E-state index contributed by atoms with van der Waals surface area (Å²) in [4.78, 5) is 0. The zero-order valence-corrected chi connectivity index (χ0v) is 12.8. The fourth-order valence-corrected chi connectivity index (χ4v) is 2.70. The molecule has 108 valence electrons. The second kappa shape index (κ2) is 7.61. The molecule has 3 nitrogen and oxygen atoms in total. The summed E-state index contributed by atoms with van der Waals surface area (Å²) in [7, 11) is 3.49. The van der Waals surface area contributed by atoms with Crippen LogP contribution in [-0.2, 0) is 6.42 Å². The Balaban J connectivity index is 0.00000180. The van der Waals surface area contributed by atoms with Crippen molar-refractivity contribution in [2.45, 2.75) is 32.1 Å². The lowest BCUT2D eigenvalue weighted by atomic mass is 9.89. The Hall–Kier alpha value is -0.930. The number of benzene rings is 1. The summed E-state index contributed by atoms with van der Waals surface area (Å²) in [5.74, 6) is 2.52. The summed E-state index contributed by atoms with van der Waals surface area (Å²) in [5, 5.41) is 3.45. The molecular weight excluding hydrogens is 262 g/mol. The molecule has 19 heavy (non-hydrogen) atoms. The van der Waals surface area contributed by atoms with Gasteiger partial charge in [0.05, 0.1) is 14.2 Å². The molecule has 0 radical (unpaired) electrons.